The second kappa shape index (κ2) is 5.63. The molecule has 1 unspecified atom stereocenters. The topological polar surface area (TPSA) is 72.2 Å². The number of aryl methyl sites for hydroxylation is 2. The summed E-state index contributed by atoms with van der Waals surface area (Å²) in [5.41, 5.74) is 1.85. The first-order valence-corrected chi connectivity index (χ1v) is 8.10. The Kier molecular flexibility index (Phi) is 4.79. The highest BCUT2D eigenvalue weighted by atomic mass is 32.2. The van der Waals surface area contributed by atoms with Gasteiger partial charge in [0.1, 0.15) is 5.76 Å². The van der Waals surface area contributed by atoms with E-state index in [0.29, 0.717) is 6.54 Å². The van der Waals surface area contributed by atoms with Crippen LogP contribution >= 0.6 is 0 Å². The average Bonchev–Trinajstić information content (AvgIpc) is 2.56. The number of aromatic nitrogens is 1. The van der Waals surface area contributed by atoms with E-state index in [2.05, 4.69) is 10.5 Å². The molecule has 110 valence electrons. The highest BCUT2D eigenvalue weighted by Gasteiger charge is 2.28. The van der Waals surface area contributed by atoms with Gasteiger partial charge in [0, 0.05) is 18.2 Å². The van der Waals surface area contributed by atoms with Crippen molar-refractivity contribution in [2.75, 3.05) is 12.3 Å². The monoisotopic (exact) mass is 288 g/mol. The molecule has 1 heterocycles. The minimum Gasteiger partial charge on any atom is -0.361 e. The quantitative estimate of drug-likeness (QED) is 0.899. The molecular weight excluding hydrogens is 264 g/mol. The molecule has 0 amide bonds. The minimum absolute atomic E-state index is 0.0291. The summed E-state index contributed by atoms with van der Waals surface area (Å²) in [4.78, 5) is 0. The van der Waals surface area contributed by atoms with Gasteiger partial charge >= 0.3 is 0 Å². The first-order valence-electron chi connectivity index (χ1n) is 6.44. The first-order chi connectivity index (χ1) is 8.56. The van der Waals surface area contributed by atoms with E-state index in [1.807, 2.05) is 20.8 Å². The molecule has 0 saturated heterocycles. The van der Waals surface area contributed by atoms with Crippen molar-refractivity contribution in [1.29, 1.82) is 0 Å². The molecule has 1 aromatic heterocycles. The summed E-state index contributed by atoms with van der Waals surface area (Å²) in [7, 11) is -3.08. The number of hydrogen-bond acceptors (Lipinski definition) is 5. The molecule has 0 fully saturated rings. The van der Waals surface area contributed by atoms with Crippen molar-refractivity contribution in [3.63, 3.8) is 0 Å². The number of nitrogens with one attached hydrogen (secondary N) is 1. The lowest BCUT2D eigenvalue weighted by Gasteiger charge is -2.20. The van der Waals surface area contributed by atoms with E-state index in [1.54, 1.807) is 20.8 Å². The van der Waals surface area contributed by atoms with E-state index in [0.717, 1.165) is 17.0 Å². The smallest absolute Gasteiger partial charge is 0.156 e. The number of nitrogens with zero attached hydrogens (tertiary/aromatic N) is 1. The van der Waals surface area contributed by atoms with E-state index in [1.165, 1.54) is 0 Å². The second-order valence-electron chi connectivity index (χ2n) is 5.84. The third-order valence-corrected chi connectivity index (χ3v) is 5.88. The molecule has 19 heavy (non-hydrogen) atoms. The lowest BCUT2D eigenvalue weighted by atomic mass is 10.1. The average molecular weight is 288 g/mol. The van der Waals surface area contributed by atoms with E-state index >= 15 is 0 Å². The summed E-state index contributed by atoms with van der Waals surface area (Å²) in [5, 5.41) is 7.12. The molecule has 1 N–H and O–H groups in total. The molecule has 0 bridgehead atoms. The summed E-state index contributed by atoms with van der Waals surface area (Å²) < 4.78 is 28.4. The van der Waals surface area contributed by atoms with Crippen LogP contribution in [0, 0.1) is 13.8 Å². The van der Waals surface area contributed by atoms with Crippen LogP contribution in [0.25, 0.3) is 0 Å². The van der Waals surface area contributed by atoms with E-state index < -0.39 is 14.6 Å². The highest BCUT2D eigenvalue weighted by Crippen LogP contribution is 2.21. The Labute approximate surface area is 115 Å². The van der Waals surface area contributed by atoms with E-state index in [9.17, 15) is 8.42 Å². The summed E-state index contributed by atoms with van der Waals surface area (Å²) in [6, 6.07) is 0.0291. The first kappa shape index (κ1) is 16.2. The molecular formula is C13H24N2O3S. The Morgan fingerprint density at radius 3 is 2.32 bits per heavy atom. The fraction of sp³-hybridized carbons (Fsp3) is 0.769. The van der Waals surface area contributed by atoms with Crippen LogP contribution in [-0.4, -0.2) is 30.6 Å². The Balaban J connectivity index is 2.60. The zero-order valence-corrected chi connectivity index (χ0v) is 13.4. The fourth-order valence-corrected chi connectivity index (χ4v) is 2.93. The SMILES string of the molecule is Cc1noc(C)c1C(C)NCCS(=O)(=O)C(C)(C)C. The van der Waals surface area contributed by atoms with Crippen molar-refractivity contribution in [2.45, 2.75) is 52.3 Å². The van der Waals surface area contributed by atoms with Crippen LogP contribution in [0.1, 0.15) is 50.8 Å². The molecule has 1 aromatic rings. The zero-order chi connectivity index (χ0) is 14.8. The summed E-state index contributed by atoms with van der Waals surface area (Å²) in [6.07, 6.45) is 0. The largest absolute Gasteiger partial charge is 0.361 e. The zero-order valence-electron chi connectivity index (χ0n) is 12.6. The molecule has 0 aliphatic rings. The van der Waals surface area contributed by atoms with Gasteiger partial charge in [0.2, 0.25) is 0 Å². The van der Waals surface area contributed by atoms with Crippen LogP contribution in [-0.2, 0) is 9.84 Å². The van der Waals surface area contributed by atoms with Gasteiger partial charge in [-0.1, -0.05) is 5.16 Å². The minimum atomic E-state index is -3.08. The fourth-order valence-electron chi connectivity index (χ4n) is 1.93. The van der Waals surface area contributed by atoms with Crippen LogP contribution in [0.3, 0.4) is 0 Å². The van der Waals surface area contributed by atoms with Gasteiger partial charge in [-0.25, -0.2) is 8.42 Å². The molecule has 0 spiro atoms. The molecule has 0 aliphatic carbocycles. The van der Waals surface area contributed by atoms with Crippen LogP contribution in [0.2, 0.25) is 0 Å². The van der Waals surface area contributed by atoms with E-state index in [-0.39, 0.29) is 11.8 Å². The van der Waals surface area contributed by atoms with Crippen LogP contribution in [0.4, 0.5) is 0 Å². The molecule has 1 atom stereocenters. The van der Waals surface area contributed by atoms with Gasteiger partial charge in [-0.3, -0.25) is 0 Å². The standard InChI is InChI=1S/C13H24N2O3S/c1-9(12-10(2)15-18-11(12)3)14-7-8-19(16,17)13(4,5)6/h9,14H,7-8H2,1-6H3. The van der Waals surface area contributed by atoms with Gasteiger partial charge in [0.25, 0.3) is 0 Å². The number of rotatable bonds is 5. The third kappa shape index (κ3) is 3.79. The summed E-state index contributed by atoms with van der Waals surface area (Å²) in [6.45, 7) is 11.3. The van der Waals surface area contributed by atoms with Crippen molar-refractivity contribution in [3.05, 3.63) is 17.0 Å². The molecule has 1 rings (SSSR count). The predicted octanol–water partition coefficient (Wildman–Crippen LogP) is 2.16. The van der Waals surface area contributed by atoms with Crippen LogP contribution in [0.5, 0.6) is 0 Å². The lowest BCUT2D eigenvalue weighted by molar-refractivity contribution is 0.390. The molecule has 0 saturated carbocycles. The van der Waals surface area contributed by atoms with Gasteiger partial charge in [0.05, 0.1) is 16.2 Å². The predicted molar refractivity (Wildman–Crippen MR) is 75.9 cm³/mol. The van der Waals surface area contributed by atoms with Gasteiger partial charge in [-0.15, -0.1) is 0 Å². The molecule has 0 radical (unpaired) electrons. The Morgan fingerprint density at radius 1 is 1.32 bits per heavy atom. The number of hydrogen-bond donors (Lipinski definition) is 1. The second-order valence-corrected chi connectivity index (χ2v) is 8.71. The van der Waals surface area contributed by atoms with Crippen molar-refractivity contribution < 1.29 is 12.9 Å². The van der Waals surface area contributed by atoms with Crippen molar-refractivity contribution in [1.82, 2.24) is 10.5 Å². The Morgan fingerprint density at radius 2 is 1.89 bits per heavy atom. The highest BCUT2D eigenvalue weighted by molar-refractivity contribution is 7.92. The van der Waals surface area contributed by atoms with Gasteiger partial charge in [-0.05, 0) is 41.5 Å². The molecule has 5 nitrogen and oxygen atoms in total. The normalized spacial score (nSPS) is 14.6. The summed E-state index contributed by atoms with van der Waals surface area (Å²) >= 11 is 0. The van der Waals surface area contributed by atoms with E-state index in [4.69, 9.17) is 4.52 Å². The third-order valence-electron chi connectivity index (χ3n) is 3.28. The van der Waals surface area contributed by atoms with Crippen molar-refractivity contribution in [2.24, 2.45) is 0 Å². The van der Waals surface area contributed by atoms with Crippen molar-refractivity contribution in [3.8, 4) is 0 Å². The van der Waals surface area contributed by atoms with Gasteiger partial charge in [0.15, 0.2) is 9.84 Å². The van der Waals surface area contributed by atoms with Crippen molar-refractivity contribution >= 4 is 9.84 Å². The van der Waals surface area contributed by atoms with Gasteiger partial charge in [-0.2, -0.15) is 0 Å². The van der Waals surface area contributed by atoms with Gasteiger partial charge < -0.3 is 9.84 Å². The van der Waals surface area contributed by atoms with Crippen LogP contribution in [0.15, 0.2) is 4.52 Å². The van der Waals surface area contributed by atoms with Crippen LogP contribution < -0.4 is 5.32 Å². The Hall–Kier alpha value is -0.880. The molecule has 0 aliphatic heterocycles. The molecule has 6 heteroatoms. The maximum absolute atomic E-state index is 12.0. The lowest BCUT2D eigenvalue weighted by Crippen LogP contribution is -2.35. The maximum Gasteiger partial charge on any atom is 0.156 e. The Bertz CT molecular complexity index is 507. The maximum atomic E-state index is 12.0. The number of sulfone groups is 1. The molecule has 0 aromatic carbocycles. The summed E-state index contributed by atoms with van der Waals surface area (Å²) in [5.74, 6) is 0.903.